The van der Waals surface area contributed by atoms with Gasteiger partial charge in [0.1, 0.15) is 22.6 Å². The number of hydrogen-bond acceptors (Lipinski definition) is 5. The van der Waals surface area contributed by atoms with Crippen LogP contribution in [0.4, 0.5) is 4.39 Å². The maximum Gasteiger partial charge on any atom is 0.131 e. The largest absolute Gasteiger partial charge is 0.494 e. The average Bonchev–Trinajstić information content (AvgIpc) is 3.73. The van der Waals surface area contributed by atoms with E-state index in [4.69, 9.17) is 4.74 Å². The van der Waals surface area contributed by atoms with Crippen LogP contribution in [-0.4, -0.2) is 15.4 Å². The quantitative estimate of drug-likeness (QED) is 0.138. The molecule has 4 aromatic carbocycles. The van der Waals surface area contributed by atoms with E-state index >= 15 is 4.39 Å². The average molecular weight is 607 g/mol. The summed E-state index contributed by atoms with van der Waals surface area (Å²) in [5.41, 5.74) is 8.21. The summed E-state index contributed by atoms with van der Waals surface area (Å²) in [5, 5.41) is 0. The summed E-state index contributed by atoms with van der Waals surface area (Å²) in [5.74, 6) is 1.24. The van der Waals surface area contributed by atoms with Gasteiger partial charge in [-0.1, -0.05) is 94.3 Å². The van der Waals surface area contributed by atoms with Crippen molar-refractivity contribution in [2.75, 3.05) is 6.61 Å². The Bertz CT molecular complexity index is 1820. The Kier molecular flexibility index (Phi) is 8.96. The van der Waals surface area contributed by atoms with E-state index in [0.717, 1.165) is 63.2 Å². The first kappa shape index (κ1) is 29.2. The van der Waals surface area contributed by atoms with Gasteiger partial charge in [0.2, 0.25) is 0 Å². The molecule has 0 N–H and O–H groups in total. The van der Waals surface area contributed by atoms with Gasteiger partial charge in [0.05, 0.1) is 18.3 Å². The van der Waals surface area contributed by atoms with E-state index in [1.807, 2.05) is 42.5 Å². The molecule has 6 rings (SSSR count). The number of ether oxygens (including phenoxy) is 1. The van der Waals surface area contributed by atoms with E-state index in [9.17, 15) is 0 Å². The molecule has 0 amide bonds. The molecule has 0 radical (unpaired) electrons. The van der Waals surface area contributed by atoms with Crippen molar-refractivity contribution in [2.24, 2.45) is 5.92 Å². The van der Waals surface area contributed by atoms with Gasteiger partial charge in [0, 0.05) is 26.4 Å². The van der Waals surface area contributed by atoms with Crippen LogP contribution in [0.3, 0.4) is 0 Å². The molecule has 0 aliphatic carbocycles. The molecular formula is C37H35FN2OS2. The summed E-state index contributed by atoms with van der Waals surface area (Å²) in [6, 6.07) is 30.5. The number of rotatable bonds is 11. The second-order valence-electron chi connectivity index (χ2n) is 11.1. The normalized spacial score (nSPS) is 12.1. The van der Waals surface area contributed by atoms with Gasteiger partial charge >= 0.3 is 0 Å². The molecule has 0 saturated heterocycles. The van der Waals surface area contributed by atoms with Crippen molar-refractivity contribution in [1.29, 1.82) is 0 Å². The van der Waals surface area contributed by atoms with Gasteiger partial charge in [-0.15, -0.1) is 11.3 Å². The SMILES string of the molecule is CCCCOc1ccc(-c2ccc(-c3ccc(-c4ccc(-c5ccc(CC(C)CC)cc5)s4)c4nsnc34)c(F)c2)cc1. The zero-order valence-corrected chi connectivity index (χ0v) is 26.4. The first-order chi connectivity index (χ1) is 21.0. The summed E-state index contributed by atoms with van der Waals surface area (Å²) in [6.45, 7) is 7.39. The molecule has 0 spiro atoms. The van der Waals surface area contributed by atoms with Gasteiger partial charge in [0.15, 0.2) is 0 Å². The molecule has 218 valence electrons. The van der Waals surface area contributed by atoms with Crippen LogP contribution >= 0.6 is 23.1 Å². The smallest absolute Gasteiger partial charge is 0.131 e. The monoisotopic (exact) mass is 606 g/mol. The van der Waals surface area contributed by atoms with Gasteiger partial charge in [-0.25, -0.2) is 4.39 Å². The number of unbranched alkanes of at least 4 members (excludes halogenated alkanes) is 1. The van der Waals surface area contributed by atoms with Crippen molar-refractivity contribution >= 4 is 34.1 Å². The van der Waals surface area contributed by atoms with Crippen LogP contribution < -0.4 is 4.74 Å². The minimum Gasteiger partial charge on any atom is -0.494 e. The second kappa shape index (κ2) is 13.2. The highest BCUT2D eigenvalue weighted by Gasteiger charge is 2.18. The van der Waals surface area contributed by atoms with E-state index in [1.54, 1.807) is 17.4 Å². The van der Waals surface area contributed by atoms with E-state index in [0.29, 0.717) is 18.1 Å². The third-order valence-corrected chi connectivity index (χ3v) is 9.72. The lowest BCUT2D eigenvalue weighted by Gasteiger charge is -2.10. The predicted molar refractivity (Wildman–Crippen MR) is 181 cm³/mol. The molecular weight excluding hydrogens is 572 g/mol. The fraction of sp³-hybridized carbons (Fsp3) is 0.243. The van der Waals surface area contributed by atoms with Crippen molar-refractivity contribution in [3.8, 4) is 48.9 Å². The lowest BCUT2D eigenvalue weighted by atomic mass is 9.97. The molecule has 0 fully saturated rings. The van der Waals surface area contributed by atoms with Crippen molar-refractivity contribution in [3.05, 3.63) is 102 Å². The Balaban J connectivity index is 1.24. The first-order valence-electron chi connectivity index (χ1n) is 15.0. The molecule has 2 aromatic heterocycles. The summed E-state index contributed by atoms with van der Waals surface area (Å²) < 4.78 is 30.6. The van der Waals surface area contributed by atoms with Crippen LogP contribution in [0.15, 0.2) is 91.0 Å². The molecule has 0 aliphatic heterocycles. The van der Waals surface area contributed by atoms with Crippen LogP contribution in [0, 0.1) is 11.7 Å². The zero-order valence-electron chi connectivity index (χ0n) is 24.8. The third-order valence-electron chi connectivity index (χ3n) is 8.02. The van der Waals surface area contributed by atoms with Gasteiger partial charge in [-0.3, -0.25) is 0 Å². The third kappa shape index (κ3) is 6.41. The summed E-state index contributed by atoms with van der Waals surface area (Å²) in [6.07, 6.45) is 4.42. The van der Waals surface area contributed by atoms with Gasteiger partial charge in [-0.2, -0.15) is 8.75 Å². The number of halogens is 1. The standard InChI is InChI=1S/C37H35FN2OS2/c1-4-6-21-41-29-14-11-26(12-15-29)28-13-16-30(33(38)23-28)31-17-18-32(37-36(31)39-43-40-37)35-20-19-34(42-35)27-9-7-25(8-10-27)22-24(3)5-2/h7-20,23-24H,4-6,21-22H2,1-3H3. The summed E-state index contributed by atoms with van der Waals surface area (Å²) in [4.78, 5) is 2.34. The molecule has 1 atom stereocenters. The maximum absolute atomic E-state index is 15.6. The highest BCUT2D eigenvalue weighted by atomic mass is 32.1. The van der Waals surface area contributed by atoms with Gasteiger partial charge < -0.3 is 4.74 Å². The number of aromatic nitrogens is 2. The Labute approximate surface area is 261 Å². The van der Waals surface area contributed by atoms with Crippen molar-refractivity contribution in [2.45, 2.75) is 46.5 Å². The summed E-state index contributed by atoms with van der Waals surface area (Å²) in [7, 11) is 0. The lowest BCUT2D eigenvalue weighted by Crippen LogP contribution is -1.97. The minimum absolute atomic E-state index is 0.280. The van der Waals surface area contributed by atoms with E-state index in [1.165, 1.54) is 34.2 Å². The molecule has 0 aliphatic rings. The summed E-state index contributed by atoms with van der Waals surface area (Å²) >= 11 is 2.91. The van der Waals surface area contributed by atoms with Crippen LogP contribution in [0.25, 0.3) is 54.2 Å². The number of nitrogens with zero attached hydrogens (tertiary/aromatic N) is 2. The predicted octanol–water partition coefficient (Wildman–Crippen LogP) is 11.3. The second-order valence-corrected chi connectivity index (χ2v) is 12.7. The van der Waals surface area contributed by atoms with Crippen molar-refractivity contribution < 1.29 is 9.13 Å². The molecule has 0 saturated carbocycles. The molecule has 0 bridgehead atoms. The molecule has 43 heavy (non-hydrogen) atoms. The van der Waals surface area contributed by atoms with Gasteiger partial charge in [0.25, 0.3) is 0 Å². The molecule has 1 unspecified atom stereocenters. The maximum atomic E-state index is 15.6. The Morgan fingerprint density at radius 2 is 1.37 bits per heavy atom. The van der Waals surface area contributed by atoms with E-state index in [-0.39, 0.29) is 5.82 Å². The van der Waals surface area contributed by atoms with Crippen LogP contribution in [-0.2, 0) is 6.42 Å². The number of thiophene rings is 1. The topological polar surface area (TPSA) is 35.0 Å². The first-order valence-corrected chi connectivity index (χ1v) is 16.6. The number of benzene rings is 4. The van der Waals surface area contributed by atoms with Crippen LogP contribution in [0.2, 0.25) is 0 Å². The molecule has 6 aromatic rings. The lowest BCUT2D eigenvalue weighted by molar-refractivity contribution is 0.309. The highest BCUT2D eigenvalue weighted by Crippen LogP contribution is 2.41. The van der Waals surface area contributed by atoms with Crippen molar-refractivity contribution in [1.82, 2.24) is 8.75 Å². The number of hydrogen-bond donors (Lipinski definition) is 0. The Morgan fingerprint density at radius 1 is 0.721 bits per heavy atom. The minimum atomic E-state index is -0.280. The fourth-order valence-electron chi connectivity index (χ4n) is 5.26. The van der Waals surface area contributed by atoms with Crippen LogP contribution in [0.1, 0.15) is 45.6 Å². The molecule has 3 nitrogen and oxygen atoms in total. The fourth-order valence-corrected chi connectivity index (χ4v) is 6.87. The molecule has 6 heteroatoms. The number of fused-ring (bicyclic) bond motifs is 1. The van der Waals surface area contributed by atoms with Gasteiger partial charge in [-0.05, 0) is 71.3 Å². The molecule has 2 heterocycles. The van der Waals surface area contributed by atoms with E-state index in [2.05, 4.69) is 72.0 Å². The van der Waals surface area contributed by atoms with Crippen LogP contribution in [0.5, 0.6) is 5.75 Å². The van der Waals surface area contributed by atoms with Crippen molar-refractivity contribution in [3.63, 3.8) is 0 Å². The highest BCUT2D eigenvalue weighted by molar-refractivity contribution is 7.19. The van der Waals surface area contributed by atoms with E-state index < -0.39 is 0 Å². The Hall–Kier alpha value is -3.87. The zero-order chi connectivity index (χ0) is 29.8. The Morgan fingerprint density at radius 3 is 2.09 bits per heavy atom.